The van der Waals surface area contributed by atoms with Gasteiger partial charge in [-0.25, -0.2) is 4.79 Å². The van der Waals surface area contributed by atoms with Crippen molar-refractivity contribution in [1.29, 1.82) is 0 Å². The molecule has 1 aromatic rings. The zero-order valence-corrected chi connectivity index (χ0v) is 9.97. The maximum absolute atomic E-state index is 10.8. The largest absolute Gasteiger partial charge is 0.504 e. The molecule has 1 unspecified atom stereocenters. The zero-order chi connectivity index (χ0) is 13.2. The van der Waals surface area contributed by atoms with Gasteiger partial charge in [0.15, 0.2) is 17.6 Å². The summed E-state index contributed by atoms with van der Waals surface area (Å²) < 4.78 is 4.91. The van der Waals surface area contributed by atoms with Gasteiger partial charge in [0, 0.05) is 5.56 Å². The van der Waals surface area contributed by atoms with E-state index in [-0.39, 0.29) is 23.0 Å². The highest BCUT2D eigenvalue weighted by Crippen LogP contribution is 2.37. The molecule has 1 atom stereocenters. The van der Waals surface area contributed by atoms with Crippen LogP contribution in [0.5, 0.6) is 11.5 Å². The Morgan fingerprint density at radius 3 is 2.35 bits per heavy atom. The van der Waals surface area contributed by atoms with Crippen LogP contribution in [-0.4, -0.2) is 28.4 Å². The standard InChI is InChI=1S/C12H16O5/c1-6(2)7-4-8(10(14)12(15)16)11(17-3)9(13)5-7/h4-6,10,13-14H,1-3H3,(H,15,16). The highest BCUT2D eigenvalue weighted by molar-refractivity contribution is 5.76. The Hall–Kier alpha value is -1.75. The molecule has 17 heavy (non-hydrogen) atoms. The Kier molecular flexibility index (Phi) is 3.96. The van der Waals surface area contributed by atoms with Gasteiger partial charge in [-0.2, -0.15) is 0 Å². The highest BCUT2D eigenvalue weighted by Gasteiger charge is 2.24. The summed E-state index contributed by atoms with van der Waals surface area (Å²) in [4.78, 5) is 10.8. The minimum atomic E-state index is -1.71. The van der Waals surface area contributed by atoms with Crippen LogP contribution in [-0.2, 0) is 4.79 Å². The molecule has 0 spiro atoms. The third-order valence-corrected chi connectivity index (χ3v) is 2.52. The van der Waals surface area contributed by atoms with Gasteiger partial charge in [-0.15, -0.1) is 0 Å². The molecule has 0 aromatic heterocycles. The molecular formula is C12H16O5. The summed E-state index contributed by atoms with van der Waals surface area (Å²) in [6.07, 6.45) is -1.71. The summed E-state index contributed by atoms with van der Waals surface area (Å²) in [7, 11) is 1.31. The number of benzene rings is 1. The van der Waals surface area contributed by atoms with Crippen LogP contribution < -0.4 is 4.74 Å². The molecule has 5 nitrogen and oxygen atoms in total. The average molecular weight is 240 g/mol. The smallest absolute Gasteiger partial charge is 0.337 e. The van der Waals surface area contributed by atoms with Crippen molar-refractivity contribution in [2.45, 2.75) is 25.9 Å². The SMILES string of the molecule is COc1c(O)cc(C(C)C)cc1C(O)C(=O)O. The molecule has 0 saturated carbocycles. The van der Waals surface area contributed by atoms with Crippen molar-refractivity contribution in [2.24, 2.45) is 0 Å². The first-order valence-electron chi connectivity index (χ1n) is 5.20. The second-order valence-corrected chi connectivity index (χ2v) is 4.06. The van der Waals surface area contributed by atoms with E-state index in [2.05, 4.69) is 0 Å². The second kappa shape index (κ2) is 5.05. The fourth-order valence-electron chi connectivity index (χ4n) is 1.55. The van der Waals surface area contributed by atoms with Gasteiger partial charge >= 0.3 is 5.97 Å². The lowest BCUT2D eigenvalue weighted by Gasteiger charge is -2.16. The Bertz CT molecular complexity index is 425. The Balaban J connectivity index is 3.38. The van der Waals surface area contributed by atoms with Crippen LogP contribution in [0.1, 0.15) is 37.0 Å². The summed E-state index contributed by atoms with van der Waals surface area (Å²) in [5.74, 6) is -1.46. The Morgan fingerprint density at radius 2 is 1.94 bits per heavy atom. The van der Waals surface area contributed by atoms with E-state index in [9.17, 15) is 15.0 Å². The summed E-state index contributed by atoms with van der Waals surface area (Å²) in [5, 5.41) is 28.1. The number of ether oxygens (including phenoxy) is 1. The minimum Gasteiger partial charge on any atom is -0.504 e. The number of phenols is 1. The summed E-state index contributed by atoms with van der Waals surface area (Å²) >= 11 is 0. The number of rotatable bonds is 4. The fraction of sp³-hybridized carbons (Fsp3) is 0.417. The third kappa shape index (κ3) is 2.68. The van der Waals surface area contributed by atoms with Crippen molar-refractivity contribution in [1.82, 2.24) is 0 Å². The van der Waals surface area contributed by atoms with Crippen molar-refractivity contribution in [3.63, 3.8) is 0 Å². The van der Waals surface area contributed by atoms with Gasteiger partial charge in [0.05, 0.1) is 7.11 Å². The summed E-state index contributed by atoms with van der Waals surface area (Å²) in [5.41, 5.74) is 0.794. The number of phenolic OH excluding ortho intramolecular Hbond substituents is 1. The van der Waals surface area contributed by atoms with Gasteiger partial charge in [0.2, 0.25) is 0 Å². The number of aliphatic hydroxyl groups is 1. The number of aliphatic carboxylic acids is 1. The van der Waals surface area contributed by atoms with Crippen molar-refractivity contribution in [3.8, 4) is 11.5 Å². The predicted octanol–water partition coefficient (Wildman–Crippen LogP) is 1.64. The molecule has 0 saturated heterocycles. The molecule has 0 radical (unpaired) electrons. The maximum atomic E-state index is 10.8. The molecule has 0 amide bonds. The van der Waals surface area contributed by atoms with E-state index in [1.165, 1.54) is 19.2 Å². The Labute approximate surface area is 99.3 Å². The van der Waals surface area contributed by atoms with Crippen LogP contribution in [0.15, 0.2) is 12.1 Å². The molecule has 0 fully saturated rings. The number of carboxylic acids is 1. The van der Waals surface area contributed by atoms with E-state index >= 15 is 0 Å². The minimum absolute atomic E-state index is 0.00991. The number of hydrogen-bond acceptors (Lipinski definition) is 4. The lowest BCUT2D eigenvalue weighted by molar-refractivity contribution is -0.147. The van der Waals surface area contributed by atoms with E-state index in [4.69, 9.17) is 9.84 Å². The molecule has 0 bridgehead atoms. The number of aliphatic hydroxyl groups excluding tert-OH is 1. The van der Waals surface area contributed by atoms with E-state index < -0.39 is 12.1 Å². The molecule has 5 heteroatoms. The van der Waals surface area contributed by atoms with Crippen molar-refractivity contribution < 1.29 is 24.9 Å². The molecular weight excluding hydrogens is 224 g/mol. The summed E-state index contributed by atoms with van der Waals surface area (Å²) in [6, 6.07) is 3.03. The molecule has 0 aliphatic rings. The van der Waals surface area contributed by atoms with Crippen LogP contribution in [0.2, 0.25) is 0 Å². The first-order chi connectivity index (χ1) is 7.88. The topological polar surface area (TPSA) is 87.0 Å². The fourth-order valence-corrected chi connectivity index (χ4v) is 1.55. The van der Waals surface area contributed by atoms with Gasteiger partial charge in [-0.05, 0) is 23.6 Å². The molecule has 0 heterocycles. The molecule has 1 aromatic carbocycles. The average Bonchev–Trinajstić information content (AvgIpc) is 2.26. The number of carboxylic acid groups (broad SMARTS) is 1. The third-order valence-electron chi connectivity index (χ3n) is 2.52. The van der Waals surface area contributed by atoms with Crippen molar-refractivity contribution >= 4 is 5.97 Å². The van der Waals surface area contributed by atoms with E-state index in [1.807, 2.05) is 13.8 Å². The van der Waals surface area contributed by atoms with Crippen LogP contribution in [0.4, 0.5) is 0 Å². The van der Waals surface area contributed by atoms with Gasteiger partial charge in [0.25, 0.3) is 0 Å². The van der Waals surface area contributed by atoms with Crippen LogP contribution in [0.3, 0.4) is 0 Å². The lowest BCUT2D eigenvalue weighted by Crippen LogP contribution is -2.12. The van der Waals surface area contributed by atoms with E-state index in [0.29, 0.717) is 0 Å². The Morgan fingerprint density at radius 1 is 1.35 bits per heavy atom. The number of carbonyl (C=O) groups is 1. The van der Waals surface area contributed by atoms with Crippen LogP contribution >= 0.6 is 0 Å². The van der Waals surface area contributed by atoms with Gasteiger partial charge in [0.1, 0.15) is 0 Å². The second-order valence-electron chi connectivity index (χ2n) is 4.06. The van der Waals surface area contributed by atoms with E-state index in [0.717, 1.165) is 5.56 Å². The van der Waals surface area contributed by atoms with Gasteiger partial charge < -0.3 is 20.1 Å². The molecule has 94 valence electrons. The highest BCUT2D eigenvalue weighted by atomic mass is 16.5. The molecule has 0 aliphatic heterocycles. The number of methoxy groups -OCH3 is 1. The van der Waals surface area contributed by atoms with Crippen LogP contribution in [0.25, 0.3) is 0 Å². The molecule has 0 aliphatic carbocycles. The van der Waals surface area contributed by atoms with Gasteiger partial charge in [-0.1, -0.05) is 13.8 Å². The van der Waals surface area contributed by atoms with Crippen LogP contribution in [0, 0.1) is 0 Å². The maximum Gasteiger partial charge on any atom is 0.337 e. The monoisotopic (exact) mass is 240 g/mol. The predicted molar refractivity (Wildman–Crippen MR) is 61.3 cm³/mol. The van der Waals surface area contributed by atoms with E-state index in [1.54, 1.807) is 0 Å². The number of hydrogen-bond donors (Lipinski definition) is 3. The zero-order valence-electron chi connectivity index (χ0n) is 9.97. The van der Waals surface area contributed by atoms with Crippen molar-refractivity contribution in [3.05, 3.63) is 23.3 Å². The number of aromatic hydroxyl groups is 1. The summed E-state index contributed by atoms with van der Waals surface area (Å²) in [6.45, 7) is 3.80. The molecule has 3 N–H and O–H groups in total. The first-order valence-corrected chi connectivity index (χ1v) is 5.20. The quantitative estimate of drug-likeness (QED) is 0.744. The first kappa shape index (κ1) is 13.3. The normalized spacial score (nSPS) is 12.5. The van der Waals surface area contributed by atoms with Gasteiger partial charge in [-0.3, -0.25) is 0 Å². The van der Waals surface area contributed by atoms with Crippen molar-refractivity contribution in [2.75, 3.05) is 7.11 Å². The molecule has 1 rings (SSSR count). The lowest BCUT2D eigenvalue weighted by atomic mass is 9.97.